The van der Waals surface area contributed by atoms with Crippen molar-refractivity contribution in [1.82, 2.24) is 9.97 Å². The number of hydrogen-bond donors (Lipinski definition) is 2. The minimum atomic E-state index is -0.346. The van der Waals surface area contributed by atoms with Crippen molar-refractivity contribution < 1.29 is 9.31 Å². The molecule has 0 saturated carbocycles. The SMILES string of the molecule is CC1(C)OB(c2ccc3cc(-c4ccc5nc(CCCCN)[nH]c5c4)ccc3c2)OC1(C)C. The van der Waals surface area contributed by atoms with E-state index in [0.29, 0.717) is 0 Å². The van der Waals surface area contributed by atoms with Crippen LogP contribution in [0.5, 0.6) is 0 Å². The number of imidazole rings is 1. The van der Waals surface area contributed by atoms with Crippen molar-refractivity contribution in [2.75, 3.05) is 6.54 Å². The fraction of sp³-hybridized carbons (Fsp3) is 0.370. The lowest BCUT2D eigenvalue weighted by Crippen LogP contribution is -2.41. The van der Waals surface area contributed by atoms with Gasteiger partial charge in [0.25, 0.3) is 0 Å². The number of hydrogen-bond acceptors (Lipinski definition) is 4. The first-order valence-corrected chi connectivity index (χ1v) is 11.8. The highest BCUT2D eigenvalue weighted by Crippen LogP contribution is 2.36. The summed E-state index contributed by atoms with van der Waals surface area (Å²) in [5.41, 5.74) is 10.4. The highest BCUT2D eigenvalue weighted by atomic mass is 16.7. The summed E-state index contributed by atoms with van der Waals surface area (Å²) in [6.07, 6.45) is 3.01. The Morgan fingerprint density at radius 1 is 0.848 bits per heavy atom. The molecule has 33 heavy (non-hydrogen) atoms. The summed E-state index contributed by atoms with van der Waals surface area (Å²) < 4.78 is 12.5. The molecule has 170 valence electrons. The molecule has 0 bridgehead atoms. The van der Waals surface area contributed by atoms with Crippen LogP contribution in [-0.2, 0) is 15.7 Å². The van der Waals surface area contributed by atoms with Crippen molar-refractivity contribution in [2.45, 2.75) is 58.2 Å². The molecule has 1 saturated heterocycles. The first-order chi connectivity index (χ1) is 15.8. The van der Waals surface area contributed by atoms with Gasteiger partial charge in [-0.1, -0.05) is 36.4 Å². The minimum Gasteiger partial charge on any atom is -0.399 e. The predicted octanol–water partition coefficient (Wildman–Crippen LogP) is 4.96. The van der Waals surface area contributed by atoms with Crippen LogP contribution >= 0.6 is 0 Å². The van der Waals surface area contributed by atoms with E-state index in [1.807, 2.05) is 0 Å². The van der Waals surface area contributed by atoms with Gasteiger partial charge in [-0.05, 0) is 92.6 Å². The normalized spacial score (nSPS) is 17.3. The van der Waals surface area contributed by atoms with Gasteiger partial charge in [0.05, 0.1) is 22.2 Å². The van der Waals surface area contributed by atoms with Crippen LogP contribution in [0.4, 0.5) is 0 Å². The molecule has 0 spiro atoms. The second kappa shape index (κ2) is 8.28. The second-order valence-electron chi connectivity index (χ2n) is 10.1. The van der Waals surface area contributed by atoms with Crippen LogP contribution in [0.25, 0.3) is 32.9 Å². The topological polar surface area (TPSA) is 73.2 Å². The van der Waals surface area contributed by atoms with Gasteiger partial charge >= 0.3 is 7.12 Å². The minimum absolute atomic E-state index is 0.341. The van der Waals surface area contributed by atoms with Gasteiger partial charge in [-0.25, -0.2) is 4.98 Å². The van der Waals surface area contributed by atoms with E-state index in [2.05, 4.69) is 87.3 Å². The molecule has 0 amide bonds. The van der Waals surface area contributed by atoms with Gasteiger partial charge in [0.1, 0.15) is 5.82 Å². The van der Waals surface area contributed by atoms with Gasteiger partial charge in [0.2, 0.25) is 0 Å². The number of rotatable bonds is 6. The molecule has 3 aromatic carbocycles. The Hall–Kier alpha value is -2.67. The molecule has 2 heterocycles. The van der Waals surface area contributed by atoms with Crippen LogP contribution in [-0.4, -0.2) is 34.8 Å². The molecular formula is C27H32BN3O2. The van der Waals surface area contributed by atoms with Gasteiger partial charge in [0.15, 0.2) is 0 Å². The van der Waals surface area contributed by atoms with Crippen molar-refractivity contribution in [3.8, 4) is 11.1 Å². The first kappa shape index (κ1) is 22.1. The fourth-order valence-electron chi connectivity index (χ4n) is 4.37. The molecule has 1 aliphatic rings. The largest absolute Gasteiger partial charge is 0.494 e. The van der Waals surface area contributed by atoms with Crippen LogP contribution in [0.15, 0.2) is 54.6 Å². The van der Waals surface area contributed by atoms with Gasteiger partial charge < -0.3 is 20.0 Å². The lowest BCUT2D eigenvalue weighted by Gasteiger charge is -2.32. The third-order valence-electron chi connectivity index (χ3n) is 7.12. The molecule has 0 radical (unpaired) electrons. The zero-order valence-electron chi connectivity index (χ0n) is 19.9. The van der Waals surface area contributed by atoms with Crippen LogP contribution in [0, 0.1) is 0 Å². The summed E-state index contributed by atoms with van der Waals surface area (Å²) >= 11 is 0. The molecule has 4 aromatic rings. The summed E-state index contributed by atoms with van der Waals surface area (Å²) in [6, 6.07) is 19.5. The van der Waals surface area contributed by atoms with Gasteiger partial charge in [-0.15, -0.1) is 0 Å². The monoisotopic (exact) mass is 441 g/mol. The summed E-state index contributed by atoms with van der Waals surface area (Å²) in [5, 5.41) is 2.37. The van der Waals surface area contributed by atoms with Crippen molar-refractivity contribution in [3.05, 3.63) is 60.4 Å². The Morgan fingerprint density at radius 3 is 2.27 bits per heavy atom. The van der Waals surface area contributed by atoms with E-state index >= 15 is 0 Å². The molecule has 0 aliphatic carbocycles. The number of fused-ring (bicyclic) bond motifs is 2. The van der Waals surface area contributed by atoms with Gasteiger partial charge in [-0.2, -0.15) is 0 Å². The molecular weight excluding hydrogens is 409 g/mol. The van der Waals surface area contributed by atoms with E-state index < -0.39 is 0 Å². The van der Waals surface area contributed by atoms with Crippen LogP contribution < -0.4 is 11.2 Å². The van der Waals surface area contributed by atoms with Crippen molar-refractivity contribution in [2.24, 2.45) is 5.73 Å². The van der Waals surface area contributed by atoms with E-state index in [9.17, 15) is 0 Å². The summed E-state index contributed by atoms with van der Waals surface area (Å²) in [4.78, 5) is 8.19. The fourth-order valence-corrected chi connectivity index (χ4v) is 4.37. The van der Waals surface area contributed by atoms with E-state index in [4.69, 9.17) is 20.0 Å². The van der Waals surface area contributed by atoms with Gasteiger partial charge in [0, 0.05) is 6.42 Å². The highest BCUT2D eigenvalue weighted by molar-refractivity contribution is 6.62. The molecule has 1 fully saturated rings. The number of unbranched alkanes of at least 4 members (excludes halogenated alkanes) is 1. The maximum absolute atomic E-state index is 6.23. The number of aryl methyl sites for hydroxylation is 1. The molecule has 1 aromatic heterocycles. The van der Waals surface area contributed by atoms with Crippen molar-refractivity contribution in [3.63, 3.8) is 0 Å². The zero-order valence-corrected chi connectivity index (χ0v) is 19.9. The van der Waals surface area contributed by atoms with E-state index in [1.54, 1.807) is 0 Å². The number of benzene rings is 3. The Kier molecular flexibility index (Phi) is 5.56. The number of H-pyrrole nitrogens is 1. The van der Waals surface area contributed by atoms with E-state index in [1.165, 1.54) is 21.9 Å². The number of nitrogens with zero attached hydrogens (tertiary/aromatic N) is 1. The smallest absolute Gasteiger partial charge is 0.399 e. The predicted molar refractivity (Wildman–Crippen MR) is 137 cm³/mol. The quantitative estimate of drug-likeness (QED) is 0.328. The summed E-state index contributed by atoms with van der Waals surface area (Å²) in [5.74, 6) is 1.03. The molecule has 6 heteroatoms. The standard InChI is InChI=1S/C27H32BN3O2/c1-26(2)27(3,4)33-28(32-26)22-12-10-19-15-18(8-9-20(19)16-22)21-11-13-23-24(17-21)31-25(30-23)7-5-6-14-29/h8-13,15-17H,5-7,14,29H2,1-4H3,(H,30,31). The Morgan fingerprint density at radius 2 is 1.52 bits per heavy atom. The van der Waals surface area contributed by atoms with Crippen molar-refractivity contribution in [1.29, 1.82) is 0 Å². The number of aromatic amines is 1. The van der Waals surface area contributed by atoms with Crippen LogP contribution in [0.2, 0.25) is 0 Å². The lowest BCUT2D eigenvalue weighted by molar-refractivity contribution is 0.00578. The molecule has 3 N–H and O–H groups in total. The number of nitrogens with one attached hydrogen (secondary N) is 1. The van der Waals surface area contributed by atoms with E-state index in [-0.39, 0.29) is 18.3 Å². The Bertz CT molecular complexity index is 1300. The van der Waals surface area contributed by atoms with Crippen molar-refractivity contribution >= 4 is 34.4 Å². The lowest BCUT2D eigenvalue weighted by atomic mass is 9.78. The third kappa shape index (κ3) is 4.19. The maximum Gasteiger partial charge on any atom is 0.494 e. The summed E-state index contributed by atoms with van der Waals surface area (Å²) in [7, 11) is -0.346. The number of aromatic nitrogens is 2. The first-order valence-electron chi connectivity index (χ1n) is 11.8. The third-order valence-corrected chi connectivity index (χ3v) is 7.12. The Balaban J connectivity index is 1.40. The molecule has 0 unspecified atom stereocenters. The zero-order chi connectivity index (χ0) is 23.2. The molecule has 0 atom stereocenters. The summed E-state index contributed by atoms with van der Waals surface area (Å²) in [6.45, 7) is 9.06. The maximum atomic E-state index is 6.23. The highest BCUT2D eigenvalue weighted by Gasteiger charge is 2.51. The Labute approximate surface area is 195 Å². The number of nitrogens with two attached hydrogens (primary N) is 1. The van der Waals surface area contributed by atoms with E-state index in [0.717, 1.165) is 48.1 Å². The van der Waals surface area contributed by atoms with Gasteiger partial charge in [-0.3, -0.25) is 0 Å². The average Bonchev–Trinajstić information content (AvgIpc) is 3.29. The average molecular weight is 441 g/mol. The van der Waals surface area contributed by atoms with Crippen LogP contribution in [0.3, 0.4) is 0 Å². The van der Waals surface area contributed by atoms with Crippen LogP contribution in [0.1, 0.15) is 46.4 Å². The molecule has 5 rings (SSSR count). The molecule has 5 nitrogen and oxygen atoms in total. The second-order valence-corrected chi connectivity index (χ2v) is 10.1. The molecule has 1 aliphatic heterocycles.